The Morgan fingerprint density at radius 1 is 0.686 bits per heavy atom. The summed E-state index contributed by atoms with van der Waals surface area (Å²) in [6.07, 6.45) is -11.4. The summed E-state index contributed by atoms with van der Waals surface area (Å²) in [4.78, 5) is 0. The van der Waals surface area contributed by atoms with Crippen LogP contribution < -0.4 is 8.92 Å². The monoisotopic (exact) mass is 526 g/mol. The average molecular weight is 527 g/mol. The van der Waals surface area contributed by atoms with Crippen LogP contribution in [0.1, 0.15) is 59.1 Å². The van der Waals surface area contributed by atoms with Gasteiger partial charge in [-0.3, -0.25) is 0 Å². The first-order valence-corrected chi connectivity index (χ1v) is 12.1. The Morgan fingerprint density at radius 3 is 1.37 bits per heavy atom. The van der Waals surface area contributed by atoms with Gasteiger partial charge in [0.15, 0.2) is 0 Å². The maximum atomic E-state index is 14.3. The molecule has 2 aromatic rings. The van der Waals surface area contributed by atoms with E-state index in [-0.39, 0.29) is 12.2 Å². The van der Waals surface area contributed by atoms with Crippen LogP contribution in [0.15, 0.2) is 48.5 Å². The van der Waals surface area contributed by atoms with E-state index in [1.807, 2.05) is 0 Å². The first kappa shape index (κ1) is 28.8. The van der Waals surface area contributed by atoms with Crippen LogP contribution >= 0.6 is 0 Å². The maximum absolute atomic E-state index is 14.3. The average Bonchev–Trinajstić information content (AvgIpc) is 2.67. The summed E-state index contributed by atoms with van der Waals surface area (Å²) in [5.41, 5.74) is -7.29. The molecular weight excluding hydrogens is 498 g/mol. The largest absolute Gasteiger partial charge is 0.488 e. The molecule has 0 heterocycles. The van der Waals surface area contributed by atoms with Crippen molar-refractivity contribution in [3.8, 4) is 11.5 Å². The fraction of sp³-hybridized carbons (Fsp3) is 0.500. The van der Waals surface area contributed by atoms with E-state index in [0.29, 0.717) is 12.1 Å². The minimum atomic E-state index is -5.78. The SMILES string of the molecule is CCC(C)(C)S(=O)(=O)Oc1ccc(C(c2ccc(OC(C)(C)C)cc2)(C(F)(F)F)C(F)(F)F)cc1. The van der Waals surface area contributed by atoms with E-state index in [9.17, 15) is 34.8 Å². The fourth-order valence-corrected chi connectivity index (χ4v) is 4.23. The number of halogens is 6. The van der Waals surface area contributed by atoms with Crippen LogP contribution in [0.2, 0.25) is 0 Å². The van der Waals surface area contributed by atoms with E-state index in [1.54, 1.807) is 27.7 Å². The van der Waals surface area contributed by atoms with E-state index in [0.717, 1.165) is 36.4 Å². The predicted octanol–water partition coefficient (Wildman–Crippen LogP) is 7.17. The molecule has 0 saturated carbocycles. The summed E-state index contributed by atoms with van der Waals surface area (Å²) >= 11 is 0. The molecule has 0 unspecified atom stereocenters. The second-order valence-electron chi connectivity index (χ2n) is 9.66. The van der Waals surface area contributed by atoms with Gasteiger partial charge in [-0.25, -0.2) is 0 Å². The van der Waals surface area contributed by atoms with Gasteiger partial charge in [0.1, 0.15) is 21.8 Å². The third-order valence-electron chi connectivity index (χ3n) is 5.58. The molecule has 0 bridgehead atoms. The molecule has 2 rings (SSSR count). The molecule has 0 fully saturated rings. The van der Waals surface area contributed by atoms with Gasteiger partial charge in [-0.2, -0.15) is 34.8 Å². The molecule has 0 aromatic heterocycles. The van der Waals surface area contributed by atoms with Gasteiger partial charge in [-0.15, -0.1) is 0 Å². The van der Waals surface area contributed by atoms with Crippen molar-refractivity contribution < 1.29 is 43.7 Å². The highest BCUT2D eigenvalue weighted by atomic mass is 32.2. The molecule has 0 aliphatic rings. The van der Waals surface area contributed by atoms with E-state index < -0.39 is 55.1 Å². The Morgan fingerprint density at radius 2 is 1.06 bits per heavy atom. The summed E-state index contributed by atoms with van der Waals surface area (Å²) in [5, 5.41) is 0. The Kier molecular flexibility index (Phi) is 7.59. The molecular formula is C24H28F6O4S. The van der Waals surface area contributed by atoms with Gasteiger partial charge in [0.25, 0.3) is 0 Å². The number of benzene rings is 2. The van der Waals surface area contributed by atoms with Gasteiger partial charge >= 0.3 is 22.5 Å². The van der Waals surface area contributed by atoms with E-state index in [4.69, 9.17) is 8.92 Å². The van der Waals surface area contributed by atoms with Gasteiger partial charge in [0.2, 0.25) is 5.41 Å². The van der Waals surface area contributed by atoms with Crippen molar-refractivity contribution in [2.75, 3.05) is 0 Å². The highest BCUT2D eigenvalue weighted by Crippen LogP contribution is 2.56. The molecule has 0 radical (unpaired) electrons. The fourth-order valence-electron chi connectivity index (χ4n) is 3.29. The summed E-state index contributed by atoms with van der Waals surface area (Å²) < 4.78 is 120. The molecule has 2 aromatic carbocycles. The first-order valence-electron chi connectivity index (χ1n) is 10.7. The number of hydrogen-bond acceptors (Lipinski definition) is 4. The zero-order chi connectivity index (χ0) is 27.1. The van der Waals surface area contributed by atoms with E-state index >= 15 is 0 Å². The smallest absolute Gasteiger partial charge is 0.411 e. The molecule has 0 saturated heterocycles. The van der Waals surface area contributed by atoms with Gasteiger partial charge in [0, 0.05) is 0 Å². The predicted molar refractivity (Wildman–Crippen MR) is 120 cm³/mol. The molecule has 11 heteroatoms. The molecule has 4 nitrogen and oxygen atoms in total. The van der Waals surface area contributed by atoms with Crippen LogP contribution in [0, 0.1) is 0 Å². The molecule has 0 amide bonds. The van der Waals surface area contributed by atoms with Gasteiger partial charge < -0.3 is 8.92 Å². The molecule has 0 aliphatic heterocycles. The van der Waals surface area contributed by atoms with Crippen LogP contribution in [-0.4, -0.2) is 31.1 Å². The van der Waals surface area contributed by atoms with Gasteiger partial charge in [-0.1, -0.05) is 31.2 Å². The Balaban J connectivity index is 2.64. The first-order chi connectivity index (χ1) is 15.7. The van der Waals surface area contributed by atoms with E-state index in [1.165, 1.54) is 13.8 Å². The van der Waals surface area contributed by atoms with E-state index in [2.05, 4.69) is 0 Å². The highest BCUT2D eigenvalue weighted by molar-refractivity contribution is 7.88. The molecule has 0 spiro atoms. The standard InChI is InChI=1S/C24H28F6O4S/c1-7-21(5,6)35(31,32)34-19-14-10-17(11-15-19)22(23(25,26)27,24(28,29)30)16-8-12-18(13-9-16)33-20(2,3)4/h8-15H,7H2,1-6H3. The lowest BCUT2D eigenvalue weighted by atomic mass is 9.73. The second-order valence-corrected chi connectivity index (χ2v) is 11.8. The minimum Gasteiger partial charge on any atom is -0.488 e. The minimum absolute atomic E-state index is 0.104. The summed E-state index contributed by atoms with van der Waals surface area (Å²) in [6.45, 7) is 9.43. The van der Waals surface area contributed by atoms with Crippen molar-refractivity contribution in [2.24, 2.45) is 0 Å². The van der Waals surface area contributed by atoms with Crippen molar-refractivity contribution in [1.29, 1.82) is 0 Å². The van der Waals surface area contributed by atoms with Crippen LogP contribution in [-0.2, 0) is 15.5 Å². The summed E-state index contributed by atoms with van der Waals surface area (Å²) in [6, 6.07) is 6.24. The van der Waals surface area contributed by atoms with Crippen LogP contribution in [0.4, 0.5) is 26.3 Å². The third kappa shape index (κ3) is 5.70. The zero-order valence-corrected chi connectivity index (χ0v) is 21.0. The number of ether oxygens (including phenoxy) is 1. The highest BCUT2D eigenvalue weighted by Gasteiger charge is 2.72. The lowest BCUT2D eigenvalue weighted by molar-refractivity contribution is -0.288. The van der Waals surface area contributed by atoms with Crippen molar-refractivity contribution in [1.82, 2.24) is 0 Å². The quantitative estimate of drug-likeness (QED) is 0.284. The molecule has 0 atom stereocenters. The van der Waals surface area contributed by atoms with Crippen molar-refractivity contribution in [3.63, 3.8) is 0 Å². The second kappa shape index (κ2) is 9.22. The lowest BCUT2D eigenvalue weighted by Crippen LogP contribution is -2.54. The Labute approximate surface area is 201 Å². The molecule has 0 aliphatic carbocycles. The lowest BCUT2D eigenvalue weighted by Gasteiger charge is -2.38. The molecule has 0 N–H and O–H groups in total. The van der Waals surface area contributed by atoms with Gasteiger partial charge in [-0.05, 0) is 76.4 Å². The Bertz CT molecular complexity index is 1100. The molecule has 196 valence electrons. The topological polar surface area (TPSA) is 52.6 Å². The molecule has 35 heavy (non-hydrogen) atoms. The zero-order valence-electron chi connectivity index (χ0n) is 20.1. The Hall–Kier alpha value is -2.43. The number of rotatable bonds is 7. The van der Waals surface area contributed by atoms with Crippen LogP contribution in [0.25, 0.3) is 0 Å². The third-order valence-corrected chi connectivity index (χ3v) is 7.64. The maximum Gasteiger partial charge on any atom is 0.411 e. The normalized spacial score (nSPS) is 14.1. The van der Waals surface area contributed by atoms with Crippen molar-refractivity contribution in [2.45, 2.75) is 76.1 Å². The summed E-state index contributed by atoms with van der Waals surface area (Å²) in [5.74, 6) is -0.297. The van der Waals surface area contributed by atoms with Gasteiger partial charge in [0.05, 0.1) is 0 Å². The summed E-state index contributed by atoms with van der Waals surface area (Å²) in [7, 11) is -4.20. The number of hydrogen-bond donors (Lipinski definition) is 0. The van der Waals surface area contributed by atoms with Crippen LogP contribution in [0.3, 0.4) is 0 Å². The number of alkyl halides is 6. The van der Waals surface area contributed by atoms with Crippen LogP contribution in [0.5, 0.6) is 11.5 Å². The van der Waals surface area contributed by atoms with Crippen molar-refractivity contribution in [3.05, 3.63) is 59.7 Å². The van der Waals surface area contributed by atoms with Crippen molar-refractivity contribution >= 4 is 10.1 Å².